The van der Waals surface area contributed by atoms with E-state index in [-0.39, 0.29) is 5.91 Å². The van der Waals surface area contributed by atoms with E-state index in [0.717, 1.165) is 4.47 Å². The van der Waals surface area contributed by atoms with Gasteiger partial charge >= 0.3 is 0 Å². The first-order valence-corrected chi connectivity index (χ1v) is 4.80. The van der Waals surface area contributed by atoms with E-state index < -0.39 is 0 Å². The summed E-state index contributed by atoms with van der Waals surface area (Å²) < 4.78 is 0.745. The molecule has 0 radical (unpaired) electrons. The maximum atomic E-state index is 11.2. The molecule has 1 amide bonds. The highest BCUT2D eigenvalue weighted by Crippen LogP contribution is 2.19. The summed E-state index contributed by atoms with van der Waals surface area (Å²) in [4.78, 5) is 15.1. The largest absolute Gasteiger partial charge is 0.327 e. The summed E-state index contributed by atoms with van der Waals surface area (Å²) in [5, 5.41) is 2.68. The Labute approximate surface area is 90.3 Å². The van der Waals surface area contributed by atoms with Gasteiger partial charge in [0.25, 0.3) is 0 Å². The van der Waals surface area contributed by atoms with E-state index in [1.54, 1.807) is 24.5 Å². The van der Waals surface area contributed by atoms with Crippen molar-refractivity contribution in [1.29, 1.82) is 0 Å². The minimum absolute atomic E-state index is 0.206. The number of aromatic nitrogens is 1. The summed E-state index contributed by atoms with van der Waals surface area (Å²) >= 11 is 3.27. The fourth-order valence-corrected chi connectivity index (χ4v) is 1.18. The number of hydrogen-bond acceptors (Lipinski definition) is 3. The van der Waals surface area contributed by atoms with Crippen LogP contribution < -0.4 is 11.1 Å². The zero-order valence-corrected chi connectivity index (χ0v) is 8.99. The highest BCUT2D eigenvalue weighted by Gasteiger charge is 2.00. The van der Waals surface area contributed by atoms with Gasteiger partial charge in [0, 0.05) is 25.0 Å². The number of carbonyl (C=O) groups excluding carboxylic acids is 1. The number of carbonyl (C=O) groups is 1. The monoisotopic (exact) mass is 255 g/mol. The Morgan fingerprint density at radius 2 is 2.50 bits per heavy atom. The number of nitrogens with one attached hydrogen (secondary N) is 1. The zero-order valence-electron chi connectivity index (χ0n) is 7.40. The summed E-state index contributed by atoms with van der Waals surface area (Å²) in [5.41, 5.74) is 5.90. The van der Waals surface area contributed by atoms with Crippen LogP contribution >= 0.6 is 15.9 Å². The fraction of sp³-hybridized carbons (Fsp3) is 0.111. The van der Waals surface area contributed by atoms with E-state index in [0.29, 0.717) is 12.2 Å². The van der Waals surface area contributed by atoms with Crippen LogP contribution in [0.4, 0.5) is 5.69 Å². The minimum Gasteiger partial charge on any atom is -0.327 e. The van der Waals surface area contributed by atoms with E-state index in [1.165, 1.54) is 6.08 Å². The van der Waals surface area contributed by atoms with Gasteiger partial charge in [-0.3, -0.25) is 9.78 Å². The average Bonchev–Trinajstić information content (AvgIpc) is 2.18. The molecular weight excluding hydrogens is 246 g/mol. The average molecular weight is 256 g/mol. The molecule has 5 heteroatoms. The maximum absolute atomic E-state index is 11.2. The molecule has 0 aromatic carbocycles. The summed E-state index contributed by atoms with van der Waals surface area (Å²) in [6.45, 7) is 0.352. The molecule has 0 aliphatic rings. The van der Waals surface area contributed by atoms with Gasteiger partial charge in [0.1, 0.15) is 0 Å². The molecule has 0 bridgehead atoms. The number of halogens is 1. The van der Waals surface area contributed by atoms with Crippen LogP contribution in [-0.2, 0) is 4.79 Å². The van der Waals surface area contributed by atoms with Gasteiger partial charge in [-0.1, -0.05) is 6.08 Å². The van der Waals surface area contributed by atoms with Crippen molar-refractivity contribution in [2.24, 2.45) is 5.73 Å². The SMILES string of the molecule is NC/C=C/C(=O)Nc1ccncc1Br. The Morgan fingerprint density at radius 3 is 3.14 bits per heavy atom. The van der Waals surface area contributed by atoms with Crippen molar-refractivity contribution >= 4 is 27.5 Å². The van der Waals surface area contributed by atoms with Crippen LogP contribution in [0.5, 0.6) is 0 Å². The van der Waals surface area contributed by atoms with E-state index in [2.05, 4.69) is 26.2 Å². The minimum atomic E-state index is -0.206. The third-order valence-corrected chi connectivity index (χ3v) is 2.07. The Morgan fingerprint density at radius 1 is 1.71 bits per heavy atom. The first-order chi connectivity index (χ1) is 6.74. The van der Waals surface area contributed by atoms with E-state index >= 15 is 0 Å². The van der Waals surface area contributed by atoms with Gasteiger partial charge in [-0.25, -0.2) is 0 Å². The maximum Gasteiger partial charge on any atom is 0.248 e. The van der Waals surface area contributed by atoms with Crippen LogP contribution in [0, 0.1) is 0 Å². The quantitative estimate of drug-likeness (QED) is 0.801. The molecule has 0 spiro atoms. The molecule has 0 saturated heterocycles. The highest BCUT2D eigenvalue weighted by atomic mass is 79.9. The Balaban J connectivity index is 2.65. The smallest absolute Gasteiger partial charge is 0.248 e. The standard InChI is InChI=1S/C9H10BrN3O/c10-7-6-12-5-3-8(7)13-9(14)2-1-4-11/h1-3,5-6H,4,11H2,(H,12,13,14)/b2-1+. The van der Waals surface area contributed by atoms with Crippen LogP contribution in [0.3, 0.4) is 0 Å². The summed E-state index contributed by atoms with van der Waals surface area (Å²) in [7, 11) is 0. The van der Waals surface area contributed by atoms with Crippen molar-refractivity contribution in [3.8, 4) is 0 Å². The van der Waals surface area contributed by atoms with Gasteiger partial charge in [-0.2, -0.15) is 0 Å². The topological polar surface area (TPSA) is 68.0 Å². The van der Waals surface area contributed by atoms with Crippen molar-refractivity contribution in [3.63, 3.8) is 0 Å². The van der Waals surface area contributed by atoms with Gasteiger partial charge in [-0.15, -0.1) is 0 Å². The molecule has 1 aromatic rings. The number of amides is 1. The first kappa shape index (κ1) is 10.9. The predicted molar refractivity (Wildman–Crippen MR) is 58.8 cm³/mol. The molecule has 14 heavy (non-hydrogen) atoms. The zero-order chi connectivity index (χ0) is 10.4. The van der Waals surface area contributed by atoms with Crippen LogP contribution in [0.25, 0.3) is 0 Å². The second kappa shape index (κ2) is 5.51. The van der Waals surface area contributed by atoms with Gasteiger partial charge in [0.2, 0.25) is 5.91 Å². The molecular formula is C9H10BrN3O. The molecule has 1 aromatic heterocycles. The lowest BCUT2D eigenvalue weighted by molar-refractivity contribution is -0.111. The third kappa shape index (κ3) is 3.27. The van der Waals surface area contributed by atoms with Crippen molar-refractivity contribution in [2.45, 2.75) is 0 Å². The normalized spacial score (nSPS) is 10.4. The van der Waals surface area contributed by atoms with Crippen LogP contribution in [0.2, 0.25) is 0 Å². The molecule has 4 nitrogen and oxygen atoms in total. The highest BCUT2D eigenvalue weighted by molar-refractivity contribution is 9.10. The van der Waals surface area contributed by atoms with Crippen LogP contribution in [0.1, 0.15) is 0 Å². The summed E-state index contributed by atoms with van der Waals surface area (Å²) in [5.74, 6) is -0.206. The Bertz CT molecular complexity index is 352. The molecule has 0 saturated carbocycles. The summed E-state index contributed by atoms with van der Waals surface area (Å²) in [6, 6.07) is 1.71. The number of nitrogens with two attached hydrogens (primary N) is 1. The first-order valence-electron chi connectivity index (χ1n) is 4.01. The van der Waals surface area contributed by atoms with Crippen molar-refractivity contribution < 1.29 is 4.79 Å². The van der Waals surface area contributed by atoms with E-state index in [9.17, 15) is 4.79 Å². The van der Waals surface area contributed by atoms with Gasteiger partial charge in [0.05, 0.1) is 10.2 Å². The Kier molecular flexibility index (Phi) is 4.28. The molecule has 1 rings (SSSR count). The fourth-order valence-electron chi connectivity index (χ4n) is 0.826. The van der Waals surface area contributed by atoms with Gasteiger partial charge in [0.15, 0.2) is 0 Å². The molecule has 0 unspecified atom stereocenters. The van der Waals surface area contributed by atoms with E-state index in [4.69, 9.17) is 5.73 Å². The Hall–Kier alpha value is -1.20. The molecule has 0 fully saturated rings. The summed E-state index contributed by atoms with van der Waals surface area (Å²) in [6.07, 6.45) is 6.20. The number of nitrogens with zero attached hydrogens (tertiary/aromatic N) is 1. The molecule has 3 N–H and O–H groups in total. The number of hydrogen-bond donors (Lipinski definition) is 2. The molecule has 0 atom stereocenters. The van der Waals surface area contributed by atoms with Crippen LogP contribution in [-0.4, -0.2) is 17.4 Å². The molecule has 0 aliphatic carbocycles. The molecule has 1 heterocycles. The second-order valence-corrected chi connectivity index (χ2v) is 3.34. The van der Waals surface area contributed by atoms with Crippen LogP contribution in [0.15, 0.2) is 35.1 Å². The lowest BCUT2D eigenvalue weighted by Gasteiger charge is -2.03. The number of anilines is 1. The lowest BCUT2D eigenvalue weighted by atomic mass is 10.4. The lowest BCUT2D eigenvalue weighted by Crippen LogP contribution is -2.09. The predicted octanol–water partition coefficient (Wildman–Crippen LogP) is 1.30. The van der Waals surface area contributed by atoms with Gasteiger partial charge < -0.3 is 11.1 Å². The molecule has 0 aliphatic heterocycles. The molecule has 74 valence electrons. The number of rotatable bonds is 3. The second-order valence-electron chi connectivity index (χ2n) is 2.48. The van der Waals surface area contributed by atoms with Gasteiger partial charge in [-0.05, 0) is 22.0 Å². The van der Waals surface area contributed by atoms with Crippen molar-refractivity contribution in [2.75, 3.05) is 11.9 Å². The third-order valence-electron chi connectivity index (χ3n) is 1.44. The van der Waals surface area contributed by atoms with E-state index in [1.807, 2.05) is 0 Å². The number of pyridine rings is 1. The van der Waals surface area contributed by atoms with Crippen molar-refractivity contribution in [1.82, 2.24) is 4.98 Å². The van der Waals surface area contributed by atoms with Crippen molar-refractivity contribution in [3.05, 3.63) is 35.1 Å².